The molecule has 1 aromatic carbocycles. The summed E-state index contributed by atoms with van der Waals surface area (Å²) < 4.78 is 2.63. The molecule has 1 aromatic heterocycles. The summed E-state index contributed by atoms with van der Waals surface area (Å²) in [4.78, 5) is 2.11. The lowest BCUT2D eigenvalue weighted by atomic mass is 10.1. The van der Waals surface area contributed by atoms with Gasteiger partial charge in [0.05, 0.1) is 5.69 Å². The van der Waals surface area contributed by atoms with Gasteiger partial charge in [-0.3, -0.25) is 9.67 Å². The van der Waals surface area contributed by atoms with Crippen LogP contribution in [0.4, 0.5) is 5.69 Å². The molecule has 0 fully saturated rings. The van der Waals surface area contributed by atoms with Crippen molar-refractivity contribution >= 4 is 17.9 Å². The molecule has 0 atom stereocenters. The number of rotatable bonds is 3. The molecule has 1 heterocycles. The number of hydrogen-bond donors (Lipinski definition) is 1. The number of aryl methyl sites for hydroxylation is 2. The minimum absolute atomic E-state index is 0.639. The lowest BCUT2D eigenvalue weighted by Crippen LogP contribution is -2.11. The Hall–Kier alpha value is -1.62. The molecule has 4 nitrogen and oxygen atoms in total. The van der Waals surface area contributed by atoms with Crippen molar-refractivity contribution in [3.8, 4) is 5.69 Å². The van der Waals surface area contributed by atoms with Gasteiger partial charge in [0.1, 0.15) is 5.82 Å². The van der Waals surface area contributed by atoms with Crippen LogP contribution in [0.15, 0.2) is 18.2 Å². The number of aromatic nitrogens is 3. The quantitative estimate of drug-likeness (QED) is 0.864. The van der Waals surface area contributed by atoms with Gasteiger partial charge < -0.3 is 4.90 Å². The van der Waals surface area contributed by atoms with Gasteiger partial charge in [-0.1, -0.05) is 13.0 Å². The number of nitrogens with zero attached hydrogens (tertiary/aromatic N) is 3. The van der Waals surface area contributed by atoms with Crippen LogP contribution in [0.3, 0.4) is 0 Å². The average Bonchev–Trinajstić information content (AvgIpc) is 2.71. The number of aromatic amines is 1. The van der Waals surface area contributed by atoms with Gasteiger partial charge in [-0.15, -0.1) is 0 Å². The zero-order valence-electron chi connectivity index (χ0n) is 11.2. The Morgan fingerprint density at radius 1 is 1.39 bits per heavy atom. The largest absolute Gasteiger partial charge is 0.377 e. The summed E-state index contributed by atoms with van der Waals surface area (Å²) in [5.41, 5.74) is 3.49. The minimum atomic E-state index is 0.639. The molecule has 2 aromatic rings. The van der Waals surface area contributed by atoms with E-state index in [0.29, 0.717) is 4.77 Å². The maximum Gasteiger partial charge on any atom is 0.199 e. The van der Waals surface area contributed by atoms with Gasteiger partial charge >= 0.3 is 0 Å². The summed E-state index contributed by atoms with van der Waals surface area (Å²) >= 11 is 5.29. The third-order valence-electron chi connectivity index (χ3n) is 2.99. The van der Waals surface area contributed by atoms with Crippen LogP contribution in [0.2, 0.25) is 0 Å². The SMILES string of the molecule is CCc1n[nH]c(=S)n1-c1ccc(C)c(N(C)C)c1. The maximum absolute atomic E-state index is 5.29. The molecule has 2 rings (SSSR count). The van der Waals surface area contributed by atoms with Crippen molar-refractivity contribution in [2.24, 2.45) is 0 Å². The molecule has 0 saturated carbocycles. The van der Waals surface area contributed by atoms with Crippen molar-refractivity contribution in [2.45, 2.75) is 20.3 Å². The standard InChI is InChI=1S/C13H18N4S/c1-5-12-14-15-13(18)17(12)10-7-6-9(2)11(8-10)16(3)4/h6-8H,5H2,1-4H3,(H,15,18). The fourth-order valence-electron chi connectivity index (χ4n) is 2.05. The van der Waals surface area contributed by atoms with Gasteiger partial charge in [-0.2, -0.15) is 5.10 Å². The monoisotopic (exact) mass is 262 g/mol. The highest BCUT2D eigenvalue weighted by molar-refractivity contribution is 7.71. The Labute approximate surface area is 112 Å². The van der Waals surface area contributed by atoms with Gasteiger partial charge in [0.15, 0.2) is 4.77 Å². The summed E-state index contributed by atoms with van der Waals surface area (Å²) in [5, 5.41) is 7.09. The second kappa shape index (κ2) is 4.94. The molecule has 0 unspecified atom stereocenters. The second-order valence-corrected chi connectivity index (χ2v) is 4.89. The highest BCUT2D eigenvalue weighted by Crippen LogP contribution is 2.22. The third kappa shape index (κ3) is 2.18. The molecule has 0 radical (unpaired) electrons. The predicted octanol–water partition coefficient (Wildman–Crippen LogP) is 2.87. The van der Waals surface area contributed by atoms with Gasteiger partial charge in [-0.05, 0) is 36.8 Å². The summed E-state index contributed by atoms with van der Waals surface area (Å²) in [5.74, 6) is 0.952. The Balaban J connectivity index is 2.61. The fraction of sp³-hybridized carbons (Fsp3) is 0.385. The number of hydrogen-bond acceptors (Lipinski definition) is 3. The molecule has 5 heteroatoms. The van der Waals surface area contributed by atoms with Crippen LogP contribution in [-0.2, 0) is 6.42 Å². The number of benzene rings is 1. The highest BCUT2D eigenvalue weighted by atomic mass is 32.1. The molecule has 0 amide bonds. The summed E-state index contributed by atoms with van der Waals surface area (Å²) in [6.45, 7) is 4.18. The topological polar surface area (TPSA) is 36.9 Å². The Morgan fingerprint density at radius 3 is 2.72 bits per heavy atom. The second-order valence-electron chi connectivity index (χ2n) is 4.50. The zero-order chi connectivity index (χ0) is 13.3. The molecule has 0 aliphatic heterocycles. The molecule has 0 bridgehead atoms. The maximum atomic E-state index is 5.29. The van der Waals surface area contributed by atoms with Crippen LogP contribution >= 0.6 is 12.2 Å². The van der Waals surface area contributed by atoms with Crippen LogP contribution in [-0.4, -0.2) is 28.9 Å². The minimum Gasteiger partial charge on any atom is -0.377 e. The first-order valence-electron chi connectivity index (χ1n) is 5.99. The summed E-state index contributed by atoms with van der Waals surface area (Å²) in [7, 11) is 4.09. The highest BCUT2D eigenvalue weighted by Gasteiger charge is 2.09. The van der Waals surface area contributed by atoms with E-state index >= 15 is 0 Å². The van der Waals surface area contributed by atoms with Gasteiger partial charge in [-0.25, -0.2) is 0 Å². The van der Waals surface area contributed by atoms with Gasteiger partial charge in [0, 0.05) is 26.2 Å². The van der Waals surface area contributed by atoms with Crippen LogP contribution in [0.5, 0.6) is 0 Å². The first-order chi connectivity index (χ1) is 8.54. The number of nitrogens with one attached hydrogen (secondary N) is 1. The third-order valence-corrected chi connectivity index (χ3v) is 3.26. The molecule has 0 saturated heterocycles. The van der Waals surface area contributed by atoms with E-state index in [4.69, 9.17) is 12.2 Å². The summed E-state index contributed by atoms with van der Waals surface area (Å²) in [6, 6.07) is 6.32. The average molecular weight is 262 g/mol. The van der Waals surface area contributed by atoms with Crippen LogP contribution in [0.1, 0.15) is 18.3 Å². The van der Waals surface area contributed by atoms with Crippen molar-refractivity contribution < 1.29 is 0 Å². The van der Waals surface area contributed by atoms with E-state index < -0.39 is 0 Å². The fourth-order valence-corrected chi connectivity index (χ4v) is 2.31. The lowest BCUT2D eigenvalue weighted by Gasteiger charge is -2.17. The molecule has 0 aliphatic carbocycles. The van der Waals surface area contributed by atoms with Crippen LogP contribution in [0, 0.1) is 11.7 Å². The van der Waals surface area contributed by atoms with Gasteiger partial charge in [0.25, 0.3) is 0 Å². The zero-order valence-corrected chi connectivity index (χ0v) is 12.0. The van der Waals surface area contributed by atoms with E-state index in [1.54, 1.807) is 0 Å². The molecule has 96 valence electrons. The van der Waals surface area contributed by atoms with Crippen molar-refractivity contribution in [3.63, 3.8) is 0 Å². The molecule has 0 aliphatic rings. The van der Waals surface area contributed by atoms with E-state index in [1.165, 1.54) is 11.3 Å². The Bertz CT molecular complexity index is 610. The first-order valence-corrected chi connectivity index (χ1v) is 6.40. The van der Waals surface area contributed by atoms with E-state index in [0.717, 1.165) is 17.9 Å². The number of H-pyrrole nitrogens is 1. The summed E-state index contributed by atoms with van der Waals surface area (Å²) in [6.07, 6.45) is 0.846. The first kappa shape index (κ1) is 12.8. The molecule has 1 N–H and O–H groups in total. The molecular weight excluding hydrogens is 244 g/mol. The van der Waals surface area contributed by atoms with E-state index in [1.807, 2.05) is 18.7 Å². The van der Waals surface area contributed by atoms with E-state index in [-0.39, 0.29) is 0 Å². The van der Waals surface area contributed by atoms with Crippen molar-refractivity contribution in [1.29, 1.82) is 0 Å². The van der Waals surface area contributed by atoms with E-state index in [9.17, 15) is 0 Å². The molecule has 0 spiro atoms. The van der Waals surface area contributed by atoms with E-state index in [2.05, 4.69) is 47.1 Å². The van der Waals surface area contributed by atoms with Crippen molar-refractivity contribution in [2.75, 3.05) is 19.0 Å². The number of anilines is 1. The Morgan fingerprint density at radius 2 is 2.11 bits per heavy atom. The predicted molar refractivity (Wildman–Crippen MR) is 77.2 cm³/mol. The normalized spacial score (nSPS) is 10.7. The molecular formula is C13H18N4S. The van der Waals surface area contributed by atoms with Crippen LogP contribution in [0.25, 0.3) is 5.69 Å². The van der Waals surface area contributed by atoms with Crippen LogP contribution < -0.4 is 4.90 Å². The van der Waals surface area contributed by atoms with Crippen molar-refractivity contribution in [3.05, 3.63) is 34.4 Å². The van der Waals surface area contributed by atoms with Crippen molar-refractivity contribution in [1.82, 2.24) is 14.8 Å². The lowest BCUT2D eigenvalue weighted by molar-refractivity contribution is 0.879. The smallest absolute Gasteiger partial charge is 0.199 e. The molecule has 18 heavy (non-hydrogen) atoms. The Kier molecular flexibility index (Phi) is 3.52. The van der Waals surface area contributed by atoms with Gasteiger partial charge in [0.2, 0.25) is 0 Å².